The van der Waals surface area contributed by atoms with E-state index in [-0.39, 0.29) is 18.4 Å². The normalized spacial score (nSPS) is 24.5. The first-order chi connectivity index (χ1) is 13.0. The van der Waals surface area contributed by atoms with Crippen molar-refractivity contribution in [2.24, 2.45) is 11.3 Å². The summed E-state index contributed by atoms with van der Waals surface area (Å²) in [4.78, 5) is 27.1. The van der Waals surface area contributed by atoms with Crippen LogP contribution in [0.1, 0.15) is 22.3 Å². The molecule has 0 spiro atoms. The maximum Gasteiger partial charge on any atom is 0.311 e. The Hall–Kier alpha value is -2.66. The average Bonchev–Trinajstić information content (AvgIpc) is 3.09. The molecule has 2 fully saturated rings. The largest absolute Gasteiger partial charge is 0.481 e. The summed E-state index contributed by atoms with van der Waals surface area (Å²) in [6.07, 6.45) is 0.455. The first-order valence-electron chi connectivity index (χ1n) is 9.28. The maximum absolute atomic E-state index is 13.4. The van der Waals surface area contributed by atoms with Crippen molar-refractivity contribution in [2.45, 2.75) is 13.3 Å². The van der Waals surface area contributed by atoms with E-state index in [1.165, 1.54) is 0 Å². The summed E-state index contributed by atoms with van der Waals surface area (Å²) in [5.74, 6) is -1.08. The van der Waals surface area contributed by atoms with Gasteiger partial charge in [0.15, 0.2) is 0 Å². The number of ether oxygens (including phenoxy) is 1. The Morgan fingerprint density at radius 3 is 2.52 bits per heavy atom. The van der Waals surface area contributed by atoms with E-state index in [1.54, 1.807) is 4.90 Å². The number of carboxylic acid groups (broad SMARTS) is 1. The van der Waals surface area contributed by atoms with Crippen LogP contribution in [0.2, 0.25) is 0 Å². The predicted molar refractivity (Wildman–Crippen MR) is 102 cm³/mol. The third-order valence-electron chi connectivity index (χ3n) is 6.01. The van der Waals surface area contributed by atoms with Crippen molar-refractivity contribution in [1.29, 1.82) is 0 Å². The Balaban J connectivity index is 1.69. The van der Waals surface area contributed by atoms with E-state index in [0.29, 0.717) is 31.7 Å². The second-order valence-electron chi connectivity index (χ2n) is 7.53. The number of carbonyl (C=O) groups is 2. The van der Waals surface area contributed by atoms with E-state index < -0.39 is 11.4 Å². The zero-order chi connectivity index (χ0) is 19.0. The number of likely N-dealkylation sites (tertiary alicyclic amines) is 1. The van der Waals surface area contributed by atoms with E-state index in [0.717, 1.165) is 16.7 Å². The molecule has 140 valence electrons. The van der Waals surface area contributed by atoms with Crippen molar-refractivity contribution in [2.75, 3.05) is 26.3 Å². The molecule has 0 saturated carbocycles. The van der Waals surface area contributed by atoms with Crippen LogP contribution in [0.25, 0.3) is 11.1 Å². The van der Waals surface area contributed by atoms with Gasteiger partial charge in [0, 0.05) is 31.2 Å². The molecule has 0 bridgehead atoms. The number of nitrogens with zero attached hydrogens (tertiary/aromatic N) is 1. The van der Waals surface area contributed by atoms with Gasteiger partial charge in [-0.15, -0.1) is 0 Å². The van der Waals surface area contributed by atoms with Crippen molar-refractivity contribution in [3.05, 3.63) is 59.7 Å². The van der Waals surface area contributed by atoms with Gasteiger partial charge in [-0.2, -0.15) is 0 Å². The molecule has 2 aliphatic rings. The fraction of sp³-hybridized carbons (Fsp3) is 0.364. The number of hydrogen-bond donors (Lipinski definition) is 1. The first kappa shape index (κ1) is 17.7. The second-order valence-corrected chi connectivity index (χ2v) is 7.53. The molecule has 5 nitrogen and oxygen atoms in total. The quantitative estimate of drug-likeness (QED) is 0.907. The van der Waals surface area contributed by atoms with Crippen LogP contribution in [0.15, 0.2) is 48.5 Å². The van der Waals surface area contributed by atoms with Crippen LogP contribution in [0.4, 0.5) is 0 Å². The molecule has 0 unspecified atom stereocenters. The van der Waals surface area contributed by atoms with E-state index in [9.17, 15) is 14.7 Å². The molecule has 0 aliphatic carbocycles. The zero-order valence-electron chi connectivity index (χ0n) is 15.4. The zero-order valence-corrected chi connectivity index (χ0v) is 15.4. The van der Waals surface area contributed by atoms with Crippen LogP contribution < -0.4 is 0 Å². The van der Waals surface area contributed by atoms with Gasteiger partial charge in [-0.05, 0) is 36.1 Å². The summed E-state index contributed by atoms with van der Waals surface area (Å²) in [7, 11) is 0. The molecule has 2 saturated heterocycles. The fourth-order valence-electron chi connectivity index (χ4n) is 4.40. The number of aliphatic carboxylic acids is 1. The lowest BCUT2D eigenvalue weighted by molar-refractivity contribution is -0.157. The molecular formula is C22H23NO4. The third-order valence-corrected chi connectivity index (χ3v) is 6.01. The van der Waals surface area contributed by atoms with Gasteiger partial charge in [-0.1, -0.05) is 42.5 Å². The number of carboxylic acids is 1. The lowest BCUT2D eigenvalue weighted by atomic mass is 9.74. The molecule has 2 atom stereocenters. The topological polar surface area (TPSA) is 66.8 Å². The Kier molecular flexibility index (Phi) is 4.48. The molecule has 5 heteroatoms. The van der Waals surface area contributed by atoms with Gasteiger partial charge in [0.25, 0.3) is 5.91 Å². The van der Waals surface area contributed by atoms with Crippen molar-refractivity contribution < 1.29 is 19.4 Å². The van der Waals surface area contributed by atoms with Gasteiger partial charge in [0.05, 0.1) is 12.0 Å². The van der Waals surface area contributed by atoms with E-state index in [4.69, 9.17) is 4.74 Å². The Bertz CT molecular complexity index is 893. The third kappa shape index (κ3) is 2.92. The Labute approximate surface area is 158 Å². The van der Waals surface area contributed by atoms with Gasteiger partial charge in [-0.25, -0.2) is 0 Å². The van der Waals surface area contributed by atoms with Crippen LogP contribution in [-0.4, -0.2) is 48.2 Å². The molecule has 0 aromatic heterocycles. The number of carbonyl (C=O) groups excluding carboxylic acids is 1. The minimum Gasteiger partial charge on any atom is -0.481 e. The summed E-state index contributed by atoms with van der Waals surface area (Å²) in [5, 5.41) is 9.84. The molecule has 1 N–H and O–H groups in total. The first-order valence-corrected chi connectivity index (χ1v) is 9.28. The van der Waals surface area contributed by atoms with E-state index in [2.05, 4.69) is 0 Å². The highest BCUT2D eigenvalue weighted by molar-refractivity contribution is 6.01. The number of aryl methyl sites for hydroxylation is 1. The van der Waals surface area contributed by atoms with Gasteiger partial charge in [0.1, 0.15) is 0 Å². The molecule has 4 rings (SSSR count). The predicted octanol–water partition coefficient (Wildman–Crippen LogP) is 3.23. The molecule has 2 aliphatic heterocycles. The minimum atomic E-state index is -0.883. The van der Waals surface area contributed by atoms with Crippen LogP contribution in [0.5, 0.6) is 0 Å². The molecular weight excluding hydrogens is 342 g/mol. The summed E-state index contributed by atoms with van der Waals surface area (Å²) < 4.78 is 5.50. The SMILES string of the molecule is Cc1ccccc1-c1ccccc1C(=O)N1C[C@@H]2COCC[C@]2(C(=O)O)C1. The molecule has 2 aromatic rings. The number of fused-ring (bicyclic) bond motifs is 1. The van der Waals surface area contributed by atoms with Crippen LogP contribution in [0, 0.1) is 18.3 Å². The van der Waals surface area contributed by atoms with Crippen LogP contribution in [-0.2, 0) is 9.53 Å². The fourth-order valence-corrected chi connectivity index (χ4v) is 4.40. The number of hydrogen-bond acceptors (Lipinski definition) is 3. The standard InChI is InChI=1S/C22H23NO4/c1-15-6-2-3-7-17(15)18-8-4-5-9-19(18)20(24)23-12-16-13-27-11-10-22(16,14-23)21(25)26/h2-9,16H,10-14H2,1H3,(H,25,26)/t16-,22+/m1/s1. The molecule has 27 heavy (non-hydrogen) atoms. The van der Waals surface area contributed by atoms with Crippen molar-refractivity contribution in [3.63, 3.8) is 0 Å². The van der Waals surface area contributed by atoms with Crippen molar-refractivity contribution >= 4 is 11.9 Å². The summed E-state index contributed by atoms with van der Waals surface area (Å²) in [6.45, 7) is 3.53. The second kappa shape index (κ2) is 6.82. The Morgan fingerprint density at radius 2 is 1.81 bits per heavy atom. The molecule has 2 aromatic carbocycles. The molecule has 0 radical (unpaired) electrons. The number of amides is 1. The maximum atomic E-state index is 13.4. The smallest absolute Gasteiger partial charge is 0.311 e. The summed E-state index contributed by atoms with van der Waals surface area (Å²) in [5.41, 5.74) is 2.74. The number of rotatable bonds is 3. The lowest BCUT2D eigenvalue weighted by Crippen LogP contribution is -2.45. The van der Waals surface area contributed by atoms with Gasteiger partial charge in [0.2, 0.25) is 0 Å². The molecule has 1 amide bonds. The van der Waals surface area contributed by atoms with Crippen LogP contribution >= 0.6 is 0 Å². The van der Waals surface area contributed by atoms with Gasteiger partial charge in [-0.3, -0.25) is 9.59 Å². The lowest BCUT2D eigenvalue weighted by Gasteiger charge is -2.33. The Morgan fingerprint density at radius 1 is 1.11 bits per heavy atom. The molecule has 2 heterocycles. The van der Waals surface area contributed by atoms with Gasteiger partial charge < -0.3 is 14.7 Å². The monoisotopic (exact) mass is 365 g/mol. The summed E-state index contributed by atoms with van der Waals surface area (Å²) >= 11 is 0. The van der Waals surface area contributed by atoms with Crippen molar-refractivity contribution in [1.82, 2.24) is 4.90 Å². The minimum absolute atomic E-state index is 0.108. The van der Waals surface area contributed by atoms with Gasteiger partial charge >= 0.3 is 5.97 Å². The van der Waals surface area contributed by atoms with Crippen LogP contribution in [0.3, 0.4) is 0 Å². The highest BCUT2D eigenvalue weighted by atomic mass is 16.5. The highest BCUT2D eigenvalue weighted by Gasteiger charge is 2.55. The highest BCUT2D eigenvalue weighted by Crippen LogP contribution is 2.43. The van der Waals surface area contributed by atoms with Crippen molar-refractivity contribution in [3.8, 4) is 11.1 Å². The number of benzene rings is 2. The van der Waals surface area contributed by atoms with E-state index in [1.807, 2.05) is 55.5 Å². The van der Waals surface area contributed by atoms with E-state index >= 15 is 0 Å². The average molecular weight is 365 g/mol. The summed E-state index contributed by atoms with van der Waals surface area (Å²) in [6, 6.07) is 15.5.